The van der Waals surface area contributed by atoms with E-state index in [2.05, 4.69) is 5.32 Å². The summed E-state index contributed by atoms with van der Waals surface area (Å²) >= 11 is 0. The average molecular weight is 429 g/mol. The van der Waals surface area contributed by atoms with Gasteiger partial charge in [0.05, 0.1) is 19.1 Å². The van der Waals surface area contributed by atoms with Crippen LogP contribution < -0.4 is 10.2 Å². The molecule has 3 aromatic carbocycles. The van der Waals surface area contributed by atoms with Crippen molar-refractivity contribution in [2.24, 2.45) is 0 Å². The molecule has 0 aromatic heterocycles. The van der Waals surface area contributed by atoms with Gasteiger partial charge in [-0.2, -0.15) is 0 Å². The molecule has 0 unspecified atom stereocenters. The summed E-state index contributed by atoms with van der Waals surface area (Å²) < 4.78 is 5.55. The summed E-state index contributed by atoms with van der Waals surface area (Å²) in [6.45, 7) is 1.81. The van der Waals surface area contributed by atoms with Crippen molar-refractivity contribution in [1.29, 1.82) is 0 Å². The molecule has 164 valence electrons. The van der Waals surface area contributed by atoms with Crippen LogP contribution in [0.5, 0.6) is 0 Å². The number of hydrogen-bond donors (Lipinski definition) is 1. The second kappa shape index (κ2) is 10.7. The van der Waals surface area contributed by atoms with Crippen LogP contribution in [0.3, 0.4) is 0 Å². The highest BCUT2D eigenvalue weighted by Crippen LogP contribution is 2.21. The molecular formula is C27H28N2O3. The van der Waals surface area contributed by atoms with E-state index < -0.39 is 0 Å². The lowest BCUT2D eigenvalue weighted by molar-refractivity contribution is -0.120. The van der Waals surface area contributed by atoms with Gasteiger partial charge in [0.2, 0.25) is 5.91 Å². The zero-order chi connectivity index (χ0) is 22.2. The summed E-state index contributed by atoms with van der Waals surface area (Å²) in [6, 6.07) is 26.9. The smallest absolute Gasteiger partial charge is 0.258 e. The molecule has 0 radical (unpaired) electrons. The van der Waals surface area contributed by atoms with Crippen LogP contribution in [0.15, 0.2) is 84.9 Å². The molecule has 1 fully saturated rings. The first kappa shape index (κ1) is 21.8. The van der Waals surface area contributed by atoms with Gasteiger partial charge in [0.25, 0.3) is 5.91 Å². The van der Waals surface area contributed by atoms with Crippen LogP contribution in [0, 0.1) is 0 Å². The highest BCUT2D eigenvalue weighted by molar-refractivity contribution is 6.06. The minimum absolute atomic E-state index is 0.0187. The maximum Gasteiger partial charge on any atom is 0.258 e. The Balaban J connectivity index is 1.45. The molecule has 1 atom stereocenters. The molecule has 1 aliphatic heterocycles. The number of rotatable bonds is 8. The molecule has 1 saturated heterocycles. The molecule has 0 saturated carbocycles. The molecule has 3 aromatic rings. The summed E-state index contributed by atoms with van der Waals surface area (Å²) in [5, 5.41) is 2.95. The van der Waals surface area contributed by atoms with Crippen LogP contribution in [0.2, 0.25) is 0 Å². The van der Waals surface area contributed by atoms with E-state index in [1.807, 2.05) is 84.9 Å². The highest BCUT2D eigenvalue weighted by Gasteiger charge is 2.19. The van der Waals surface area contributed by atoms with E-state index in [1.165, 1.54) is 0 Å². The van der Waals surface area contributed by atoms with Crippen LogP contribution in [-0.2, 0) is 22.5 Å². The minimum Gasteiger partial charge on any atom is -0.376 e. The van der Waals surface area contributed by atoms with Crippen molar-refractivity contribution in [1.82, 2.24) is 5.32 Å². The zero-order valence-electron chi connectivity index (χ0n) is 18.1. The van der Waals surface area contributed by atoms with E-state index >= 15 is 0 Å². The summed E-state index contributed by atoms with van der Waals surface area (Å²) in [5.74, 6) is -0.0775. The number of carbonyl (C=O) groups is 2. The Labute approximate surface area is 189 Å². The monoisotopic (exact) mass is 428 g/mol. The largest absolute Gasteiger partial charge is 0.376 e. The standard InChI is InChI=1S/C27H28N2O3/c30-26(28-19-25-12-7-17-32-25)18-21-13-15-24(16-14-21)29(20-22-8-3-1-4-9-22)27(31)23-10-5-2-6-11-23/h1-6,8-11,13-16,25H,7,12,17-20H2,(H,28,30)/t25-/m1/s1. The third-order valence-corrected chi connectivity index (χ3v) is 5.61. The first-order valence-corrected chi connectivity index (χ1v) is 11.1. The lowest BCUT2D eigenvalue weighted by Crippen LogP contribution is -2.32. The Kier molecular flexibility index (Phi) is 7.31. The summed E-state index contributed by atoms with van der Waals surface area (Å²) in [7, 11) is 0. The second-order valence-electron chi connectivity index (χ2n) is 8.03. The molecule has 1 aliphatic rings. The lowest BCUT2D eigenvalue weighted by Gasteiger charge is -2.23. The maximum absolute atomic E-state index is 13.3. The van der Waals surface area contributed by atoms with Crippen molar-refractivity contribution in [2.75, 3.05) is 18.1 Å². The Morgan fingerprint density at radius 1 is 0.875 bits per heavy atom. The number of nitrogens with one attached hydrogen (secondary N) is 1. The highest BCUT2D eigenvalue weighted by atomic mass is 16.5. The van der Waals surface area contributed by atoms with Crippen molar-refractivity contribution < 1.29 is 14.3 Å². The third-order valence-electron chi connectivity index (χ3n) is 5.61. The molecule has 2 amide bonds. The fraction of sp³-hybridized carbons (Fsp3) is 0.259. The van der Waals surface area contributed by atoms with Crippen LogP contribution in [0.25, 0.3) is 0 Å². The van der Waals surface area contributed by atoms with Crippen molar-refractivity contribution in [3.63, 3.8) is 0 Å². The Hall–Kier alpha value is -3.44. The van der Waals surface area contributed by atoms with Gasteiger partial charge in [-0.15, -0.1) is 0 Å². The van der Waals surface area contributed by atoms with Gasteiger partial charge >= 0.3 is 0 Å². The molecule has 0 aliphatic carbocycles. The first-order valence-electron chi connectivity index (χ1n) is 11.1. The molecular weight excluding hydrogens is 400 g/mol. The molecule has 4 rings (SSSR count). The van der Waals surface area contributed by atoms with Crippen LogP contribution >= 0.6 is 0 Å². The second-order valence-corrected chi connectivity index (χ2v) is 8.03. The van der Waals surface area contributed by atoms with Gasteiger partial charge < -0.3 is 15.0 Å². The minimum atomic E-state index is -0.0588. The predicted molar refractivity (Wildman–Crippen MR) is 126 cm³/mol. The summed E-state index contributed by atoms with van der Waals surface area (Å²) in [5.41, 5.74) is 3.40. The Bertz CT molecular complexity index is 1010. The Morgan fingerprint density at radius 2 is 1.56 bits per heavy atom. The van der Waals surface area contributed by atoms with E-state index in [9.17, 15) is 9.59 Å². The van der Waals surface area contributed by atoms with Gasteiger partial charge in [-0.05, 0) is 48.2 Å². The fourth-order valence-corrected chi connectivity index (χ4v) is 3.86. The van der Waals surface area contributed by atoms with Crippen LogP contribution in [0.4, 0.5) is 5.69 Å². The van der Waals surface area contributed by atoms with Crippen LogP contribution in [0.1, 0.15) is 34.3 Å². The van der Waals surface area contributed by atoms with Crippen molar-refractivity contribution in [3.8, 4) is 0 Å². The van der Waals surface area contributed by atoms with Crippen LogP contribution in [-0.4, -0.2) is 31.1 Å². The summed E-state index contributed by atoms with van der Waals surface area (Å²) in [6.07, 6.45) is 2.50. The summed E-state index contributed by atoms with van der Waals surface area (Å²) in [4.78, 5) is 27.3. The van der Waals surface area contributed by atoms with Crippen molar-refractivity contribution >= 4 is 17.5 Å². The quantitative estimate of drug-likeness (QED) is 0.580. The van der Waals surface area contributed by atoms with Crippen molar-refractivity contribution in [2.45, 2.75) is 31.9 Å². The SMILES string of the molecule is O=C(Cc1ccc(N(Cc2ccccc2)C(=O)c2ccccc2)cc1)NC[C@H]1CCCO1. The molecule has 1 N–H and O–H groups in total. The van der Waals surface area contributed by atoms with Gasteiger partial charge in [0.15, 0.2) is 0 Å². The van der Waals surface area contributed by atoms with Gasteiger partial charge in [0, 0.05) is 24.4 Å². The number of ether oxygens (including phenoxy) is 1. The lowest BCUT2D eigenvalue weighted by atomic mass is 10.1. The third kappa shape index (κ3) is 5.83. The van der Waals surface area contributed by atoms with E-state index in [0.29, 0.717) is 25.1 Å². The number of amides is 2. The normalized spacial score (nSPS) is 15.3. The van der Waals surface area contributed by atoms with E-state index in [0.717, 1.165) is 36.3 Å². The zero-order valence-corrected chi connectivity index (χ0v) is 18.1. The number of hydrogen-bond acceptors (Lipinski definition) is 3. The molecule has 5 nitrogen and oxygen atoms in total. The number of carbonyl (C=O) groups excluding carboxylic acids is 2. The molecule has 0 spiro atoms. The van der Waals surface area contributed by atoms with Gasteiger partial charge in [-0.1, -0.05) is 60.7 Å². The number of benzene rings is 3. The topological polar surface area (TPSA) is 58.6 Å². The first-order chi connectivity index (χ1) is 15.7. The molecule has 0 bridgehead atoms. The predicted octanol–water partition coefficient (Wildman–Crippen LogP) is 4.37. The van der Waals surface area contributed by atoms with E-state index in [4.69, 9.17) is 4.74 Å². The fourth-order valence-electron chi connectivity index (χ4n) is 3.86. The van der Waals surface area contributed by atoms with Crippen molar-refractivity contribution in [3.05, 3.63) is 102 Å². The average Bonchev–Trinajstić information content (AvgIpc) is 3.37. The van der Waals surface area contributed by atoms with E-state index in [-0.39, 0.29) is 17.9 Å². The molecule has 1 heterocycles. The number of nitrogens with zero attached hydrogens (tertiary/aromatic N) is 1. The maximum atomic E-state index is 13.3. The molecule has 5 heteroatoms. The Morgan fingerprint density at radius 3 is 2.22 bits per heavy atom. The van der Waals surface area contributed by atoms with E-state index in [1.54, 1.807) is 4.90 Å². The van der Waals surface area contributed by atoms with Gasteiger partial charge in [-0.3, -0.25) is 9.59 Å². The number of anilines is 1. The van der Waals surface area contributed by atoms with Gasteiger partial charge in [0.1, 0.15) is 0 Å². The van der Waals surface area contributed by atoms with Gasteiger partial charge in [-0.25, -0.2) is 0 Å². The molecule has 32 heavy (non-hydrogen) atoms.